The molecule has 1 aromatic heterocycles. The van der Waals surface area contributed by atoms with E-state index in [1.165, 1.54) is 10.5 Å². The van der Waals surface area contributed by atoms with Gasteiger partial charge in [0.05, 0.1) is 18.9 Å². The predicted octanol–water partition coefficient (Wildman–Crippen LogP) is 4.18. The van der Waals surface area contributed by atoms with Gasteiger partial charge < -0.3 is 9.15 Å². The van der Waals surface area contributed by atoms with Crippen molar-refractivity contribution in [1.82, 2.24) is 5.32 Å². The van der Waals surface area contributed by atoms with Gasteiger partial charge in [0.2, 0.25) is 0 Å². The van der Waals surface area contributed by atoms with Crippen molar-refractivity contribution in [2.24, 2.45) is 0 Å². The number of benzene rings is 1. The number of rotatable bonds is 5. The van der Waals surface area contributed by atoms with Crippen LogP contribution in [-0.2, 0) is 4.74 Å². The standard InChI is InChI=1S/C17H21NO2S/c1-12-10-14(13-6-3-4-8-17(13)21-12)18-15(11-19-2)16-7-5-9-20-16/h3-9,12,14-15,18H,10-11H2,1-2H3/t12-,14-,15-/m0/s1. The maximum atomic E-state index is 5.56. The summed E-state index contributed by atoms with van der Waals surface area (Å²) < 4.78 is 10.9. The molecule has 1 aromatic carbocycles. The minimum Gasteiger partial charge on any atom is -0.468 e. The molecule has 0 aliphatic carbocycles. The van der Waals surface area contributed by atoms with Gasteiger partial charge in [-0.25, -0.2) is 0 Å². The number of nitrogens with one attached hydrogen (secondary N) is 1. The average Bonchev–Trinajstić information content (AvgIpc) is 3.00. The van der Waals surface area contributed by atoms with Crippen LogP contribution in [0, 0.1) is 0 Å². The molecule has 1 aliphatic rings. The summed E-state index contributed by atoms with van der Waals surface area (Å²) >= 11 is 1.96. The first-order valence-electron chi connectivity index (χ1n) is 7.32. The third kappa shape index (κ3) is 3.34. The lowest BCUT2D eigenvalue weighted by Crippen LogP contribution is -2.32. The van der Waals surface area contributed by atoms with Crippen LogP contribution in [0.5, 0.6) is 0 Å². The van der Waals surface area contributed by atoms with Crippen molar-refractivity contribution in [3.05, 3.63) is 54.0 Å². The van der Waals surface area contributed by atoms with Gasteiger partial charge in [0.25, 0.3) is 0 Å². The fraction of sp³-hybridized carbons (Fsp3) is 0.412. The van der Waals surface area contributed by atoms with E-state index in [-0.39, 0.29) is 6.04 Å². The van der Waals surface area contributed by atoms with Crippen LogP contribution in [0.3, 0.4) is 0 Å². The Labute approximate surface area is 130 Å². The Kier molecular flexibility index (Phi) is 4.68. The highest BCUT2D eigenvalue weighted by molar-refractivity contribution is 8.00. The lowest BCUT2D eigenvalue weighted by Gasteiger charge is -2.32. The number of hydrogen-bond acceptors (Lipinski definition) is 4. The Balaban J connectivity index is 1.83. The van der Waals surface area contributed by atoms with Crippen molar-refractivity contribution in [2.45, 2.75) is 35.6 Å². The molecule has 0 amide bonds. The van der Waals surface area contributed by atoms with E-state index in [0.29, 0.717) is 17.9 Å². The van der Waals surface area contributed by atoms with Gasteiger partial charge in [-0.2, -0.15) is 0 Å². The third-order valence-electron chi connectivity index (χ3n) is 3.81. The number of furan rings is 1. The minimum atomic E-state index is 0.0818. The molecule has 2 heterocycles. The minimum absolute atomic E-state index is 0.0818. The fourth-order valence-electron chi connectivity index (χ4n) is 2.87. The van der Waals surface area contributed by atoms with Crippen LogP contribution >= 0.6 is 11.8 Å². The summed E-state index contributed by atoms with van der Waals surface area (Å²) in [6.45, 7) is 2.89. The van der Waals surface area contributed by atoms with Gasteiger partial charge in [0, 0.05) is 23.3 Å². The van der Waals surface area contributed by atoms with Crippen LogP contribution in [-0.4, -0.2) is 19.0 Å². The molecular weight excluding hydrogens is 282 g/mol. The first kappa shape index (κ1) is 14.7. The quantitative estimate of drug-likeness (QED) is 0.898. The molecule has 3 nitrogen and oxygen atoms in total. The summed E-state index contributed by atoms with van der Waals surface area (Å²) in [7, 11) is 1.73. The van der Waals surface area contributed by atoms with E-state index in [2.05, 4.69) is 36.5 Å². The smallest absolute Gasteiger partial charge is 0.123 e. The molecule has 0 saturated heterocycles. The highest BCUT2D eigenvalue weighted by Crippen LogP contribution is 2.41. The Morgan fingerprint density at radius 1 is 1.33 bits per heavy atom. The van der Waals surface area contributed by atoms with Crippen LogP contribution in [0.4, 0.5) is 0 Å². The molecule has 0 spiro atoms. The second-order valence-electron chi connectivity index (χ2n) is 5.44. The molecule has 3 rings (SSSR count). The van der Waals surface area contributed by atoms with Crippen molar-refractivity contribution < 1.29 is 9.15 Å². The molecule has 21 heavy (non-hydrogen) atoms. The largest absolute Gasteiger partial charge is 0.468 e. The molecule has 0 saturated carbocycles. The molecule has 0 fully saturated rings. The summed E-state index contributed by atoms with van der Waals surface area (Å²) in [4.78, 5) is 1.38. The van der Waals surface area contributed by atoms with Crippen molar-refractivity contribution in [1.29, 1.82) is 0 Å². The second-order valence-corrected chi connectivity index (χ2v) is 6.92. The maximum Gasteiger partial charge on any atom is 0.123 e. The van der Waals surface area contributed by atoms with Crippen molar-refractivity contribution in [3.63, 3.8) is 0 Å². The Morgan fingerprint density at radius 2 is 2.19 bits per heavy atom. The van der Waals surface area contributed by atoms with E-state index in [0.717, 1.165) is 12.2 Å². The van der Waals surface area contributed by atoms with Gasteiger partial charge in [-0.3, -0.25) is 5.32 Å². The average molecular weight is 303 g/mol. The van der Waals surface area contributed by atoms with E-state index < -0.39 is 0 Å². The lowest BCUT2D eigenvalue weighted by atomic mass is 10.00. The monoisotopic (exact) mass is 303 g/mol. The highest BCUT2D eigenvalue weighted by atomic mass is 32.2. The number of methoxy groups -OCH3 is 1. The van der Waals surface area contributed by atoms with Crippen LogP contribution < -0.4 is 5.32 Å². The molecule has 1 aliphatic heterocycles. The van der Waals surface area contributed by atoms with E-state index in [1.807, 2.05) is 23.9 Å². The molecule has 3 atom stereocenters. The lowest BCUT2D eigenvalue weighted by molar-refractivity contribution is 0.149. The molecule has 2 aromatic rings. The fourth-order valence-corrected chi connectivity index (χ4v) is 4.09. The van der Waals surface area contributed by atoms with Gasteiger partial charge in [0.15, 0.2) is 0 Å². The maximum absolute atomic E-state index is 5.56. The SMILES string of the molecule is COC[C@H](N[C@H]1C[C@H](C)Sc2ccccc21)c1ccco1. The van der Waals surface area contributed by atoms with E-state index in [4.69, 9.17) is 9.15 Å². The number of hydrogen-bond donors (Lipinski definition) is 1. The molecule has 0 bridgehead atoms. The molecule has 0 radical (unpaired) electrons. The molecule has 1 N–H and O–H groups in total. The zero-order valence-electron chi connectivity index (χ0n) is 12.4. The molecule has 4 heteroatoms. The van der Waals surface area contributed by atoms with E-state index >= 15 is 0 Å². The molecule has 0 unspecified atom stereocenters. The summed E-state index contributed by atoms with van der Waals surface area (Å²) in [5.41, 5.74) is 1.38. The van der Waals surface area contributed by atoms with Gasteiger partial charge in [-0.1, -0.05) is 25.1 Å². The topological polar surface area (TPSA) is 34.4 Å². The van der Waals surface area contributed by atoms with Crippen molar-refractivity contribution in [2.75, 3.05) is 13.7 Å². The zero-order chi connectivity index (χ0) is 14.7. The normalized spacial score (nSPS) is 22.8. The predicted molar refractivity (Wildman–Crippen MR) is 85.6 cm³/mol. The number of fused-ring (bicyclic) bond motifs is 1. The molecule has 112 valence electrons. The summed E-state index contributed by atoms with van der Waals surface area (Å²) in [6.07, 6.45) is 2.83. The van der Waals surface area contributed by atoms with Crippen molar-refractivity contribution in [3.8, 4) is 0 Å². The number of ether oxygens (including phenoxy) is 1. The first-order chi connectivity index (χ1) is 10.3. The van der Waals surface area contributed by atoms with E-state index in [1.54, 1.807) is 13.4 Å². The Morgan fingerprint density at radius 3 is 2.95 bits per heavy atom. The number of thioether (sulfide) groups is 1. The van der Waals surface area contributed by atoms with Gasteiger partial charge in [-0.15, -0.1) is 11.8 Å². The van der Waals surface area contributed by atoms with Crippen LogP contribution in [0.1, 0.15) is 36.8 Å². The Bertz CT molecular complexity index is 570. The summed E-state index contributed by atoms with van der Waals surface area (Å²) in [5, 5.41) is 4.32. The zero-order valence-corrected chi connectivity index (χ0v) is 13.2. The van der Waals surface area contributed by atoms with Crippen LogP contribution in [0.2, 0.25) is 0 Å². The van der Waals surface area contributed by atoms with Crippen LogP contribution in [0.25, 0.3) is 0 Å². The Hall–Kier alpha value is -1.23. The van der Waals surface area contributed by atoms with Gasteiger partial charge >= 0.3 is 0 Å². The third-order valence-corrected chi connectivity index (χ3v) is 5.03. The first-order valence-corrected chi connectivity index (χ1v) is 8.20. The summed E-state index contributed by atoms with van der Waals surface area (Å²) in [5.74, 6) is 0.931. The van der Waals surface area contributed by atoms with Crippen molar-refractivity contribution >= 4 is 11.8 Å². The van der Waals surface area contributed by atoms with Gasteiger partial charge in [0.1, 0.15) is 5.76 Å². The summed E-state index contributed by atoms with van der Waals surface area (Å²) in [6, 6.07) is 13.0. The second kappa shape index (κ2) is 6.69. The highest BCUT2D eigenvalue weighted by Gasteiger charge is 2.28. The van der Waals surface area contributed by atoms with Gasteiger partial charge in [-0.05, 0) is 30.2 Å². The molecular formula is C17H21NO2S. The van der Waals surface area contributed by atoms with Crippen LogP contribution in [0.15, 0.2) is 52.0 Å². The van der Waals surface area contributed by atoms with E-state index in [9.17, 15) is 0 Å².